The molecular weight excluding hydrogens is 246 g/mol. The zero-order valence-electron chi connectivity index (χ0n) is 12.6. The molecule has 2 rings (SSSR count). The smallest absolute Gasteiger partial charge is 0.128 e. The predicted octanol–water partition coefficient (Wildman–Crippen LogP) is 4.43. The summed E-state index contributed by atoms with van der Waals surface area (Å²) in [7, 11) is 1.96. The standard InChI is InChI=1S/C18H23NO/c1-4-15-11-12-17(19-3)16(5-2)18(15)20-13-14-9-7-6-8-10-14/h6-12,19H,4-5,13H2,1-3H3. The van der Waals surface area contributed by atoms with Crippen LogP contribution in [-0.2, 0) is 19.4 Å². The second kappa shape index (κ2) is 6.99. The number of ether oxygens (including phenoxy) is 1. The van der Waals surface area contributed by atoms with Crippen molar-refractivity contribution in [2.75, 3.05) is 12.4 Å². The minimum Gasteiger partial charge on any atom is -0.488 e. The summed E-state index contributed by atoms with van der Waals surface area (Å²) >= 11 is 0. The Morgan fingerprint density at radius 3 is 2.30 bits per heavy atom. The molecule has 20 heavy (non-hydrogen) atoms. The average molecular weight is 269 g/mol. The molecule has 0 amide bonds. The number of aryl methyl sites for hydroxylation is 1. The molecule has 2 aromatic carbocycles. The molecule has 2 aromatic rings. The van der Waals surface area contributed by atoms with E-state index in [9.17, 15) is 0 Å². The van der Waals surface area contributed by atoms with E-state index in [-0.39, 0.29) is 0 Å². The Kier molecular flexibility index (Phi) is 5.05. The van der Waals surface area contributed by atoms with Crippen molar-refractivity contribution in [3.05, 3.63) is 59.2 Å². The third-order valence-corrected chi connectivity index (χ3v) is 3.57. The summed E-state index contributed by atoms with van der Waals surface area (Å²) in [6, 6.07) is 14.6. The molecule has 0 radical (unpaired) electrons. The van der Waals surface area contributed by atoms with Crippen LogP contribution in [0.1, 0.15) is 30.5 Å². The fraction of sp³-hybridized carbons (Fsp3) is 0.333. The molecule has 0 aromatic heterocycles. The molecule has 0 heterocycles. The molecule has 106 valence electrons. The Bertz CT molecular complexity index is 549. The van der Waals surface area contributed by atoms with Crippen LogP contribution in [0, 0.1) is 0 Å². The summed E-state index contributed by atoms with van der Waals surface area (Å²) in [5.41, 5.74) is 4.90. The molecule has 0 saturated carbocycles. The first kappa shape index (κ1) is 14.4. The zero-order chi connectivity index (χ0) is 14.4. The van der Waals surface area contributed by atoms with Crippen LogP contribution < -0.4 is 10.1 Å². The molecule has 2 nitrogen and oxygen atoms in total. The first-order valence-electron chi connectivity index (χ1n) is 7.29. The lowest BCUT2D eigenvalue weighted by Gasteiger charge is -2.18. The van der Waals surface area contributed by atoms with Gasteiger partial charge in [0.2, 0.25) is 0 Å². The van der Waals surface area contributed by atoms with Crippen LogP contribution >= 0.6 is 0 Å². The molecular formula is C18H23NO. The SMILES string of the molecule is CCc1ccc(NC)c(CC)c1OCc1ccccc1. The first-order chi connectivity index (χ1) is 9.80. The normalized spacial score (nSPS) is 10.3. The molecule has 0 atom stereocenters. The average Bonchev–Trinajstić information content (AvgIpc) is 2.52. The topological polar surface area (TPSA) is 21.3 Å². The van der Waals surface area contributed by atoms with Gasteiger partial charge in [-0.1, -0.05) is 50.2 Å². The van der Waals surface area contributed by atoms with Crippen molar-refractivity contribution in [2.45, 2.75) is 33.3 Å². The van der Waals surface area contributed by atoms with Crippen LogP contribution in [0.5, 0.6) is 5.75 Å². The molecule has 0 aliphatic rings. The van der Waals surface area contributed by atoms with Gasteiger partial charge in [-0.2, -0.15) is 0 Å². The van der Waals surface area contributed by atoms with Gasteiger partial charge in [0.25, 0.3) is 0 Å². The fourth-order valence-corrected chi connectivity index (χ4v) is 2.45. The van der Waals surface area contributed by atoms with E-state index in [1.165, 1.54) is 16.7 Å². The van der Waals surface area contributed by atoms with Crippen molar-refractivity contribution < 1.29 is 4.74 Å². The maximum atomic E-state index is 6.14. The molecule has 0 spiro atoms. The van der Waals surface area contributed by atoms with Crippen molar-refractivity contribution >= 4 is 5.69 Å². The maximum Gasteiger partial charge on any atom is 0.128 e. The maximum absolute atomic E-state index is 6.14. The number of hydrogen-bond acceptors (Lipinski definition) is 2. The molecule has 0 fully saturated rings. The van der Waals surface area contributed by atoms with Crippen molar-refractivity contribution in [3.63, 3.8) is 0 Å². The summed E-state index contributed by atoms with van der Waals surface area (Å²) < 4.78 is 6.14. The lowest BCUT2D eigenvalue weighted by molar-refractivity contribution is 0.300. The molecule has 0 aliphatic carbocycles. The van der Waals surface area contributed by atoms with Gasteiger partial charge in [-0.3, -0.25) is 0 Å². The second-order valence-electron chi connectivity index (χ2n) is 4.81. The van der Waals surface area contributed by atoms with Crippen molar-refractivity contribution in [1.82, 2.24) is 0 Å². The summed E-state index contributed by atoms with van der Waals surface area (Å²) in [6.45, 7) is 4.96. The Hall–Kier alpha value is -1.96. The highest BCUT2D eigenvalue weighted by molar-refractivity contribution is 5.60. The van der Waals surface area contributed by atoms with Crippen molar-refractivity contribution in [1.29, 1.82) is 0 Å². The van der Waals surface area contributed by atoms with Crippen LogP contribution in [0.4, 0.5) is 5.69 Å². The van der Waals surface area contributed by atoms with E-state index in [1.54, 1.807) is 0 Å². The van der Waals surface area contributed by atoms with Gasteiger partial charge in [0.15, 0.2) is 0 Å². The first-order valence-corrected chi connectivity index (χ1v) is 7.29. The number of hydrogen-bond donors (Lipinski definition) is 1. The van der Waals surface area contributed by atoms with Crippen molar-refractivity contribution in [2.24, 2.45) is 0 Å². The molecule has 0 aliphatic heterocycles. The van der Waals surface area contributed by atoms with E-state index in [1.807, 2.05) is 25.2 Å². The van der Waals surface area contributed by atoms with Gasteiger partial charge in [-0.15, -0.1) is 0 Å². The zero-order valence-corrected chi connectivity index (χ0v) is 12.6. The van der Waals surface area contributed by atoms with Crippen LogP contribution in [0.2, 0.25) is 0 Å². The Morgan fingerprint density at radius 1 is 0.950 bits per heavy atom. The van der Waals surface area contributed by atoms with E-state index in [0.29, 0.717) is 6.61 Å². The van der Waals surface area contributed by atoms with Crippen LogP contribution in [-0.4, -0.2) is 7.05 Å². The molecule has 0 bridgehead atoms. The quantitative estimate of drug-likeness (QED) is 0.837. The monoisotopic (exact) mass is 269 g/mol. The molecule has 0 unspecified atom stereocenters. The Balaban J connectivity index is 2.28. The highest BCUT2D eigenvalue weighted by Crippen LogP contribution is 2.32. The van der Waals surface area contributed by atoms with Gasteiger partial charge in [0.05, 0.1) is 0 Å². The minimum atomic E-state index is 0.619. The lowest BCUT2D eigenvalue weighted by atomic mass is 10.0. The van der Waals surface area contributed by atoms with E-state index in [4.69, 9.17) is 4.74 Å². The minimum absolute atomic E-state index is 0.619. The van der Waals surface area contributed by atoms with Crippen LogP contribution in [0.25, 0.3) is 0 Å². The van der Waals surface area contributed by atoms with Crippen LogP contribution in [0.3, 0.4) is 0 Å². The lowest BCUT2D eigenvalue weighted by Crippen LogP contribution is -2.04. The van der Waals surface area contributed by atoms with Crippen molar-refractivity contribution in [3.8, 4) is 5.75 Å². The van der Waals surface area contributed by atoms with Gasteiger partial charge in [0.1, 0.15) is 12.4 Å². The van der Waals surface area contributed by atoms with Crippen LogP contribution in [0.15, 0.2) is 42.5 Å². The third kappa shape index (κ3) is 3.13. The summed E-state index contributed by atoms with van der Waals surface area (Å²) in [5, 5.41) is 3.26. The van der Waals surface area contributed by atoms with Gasteiger partial charge >= 0.3 is 0 Å². The molecule has 2 heteroatoms. The summed E-state index contributed by atoms with van der Waals surface area (Å²) in [4.78, 5) is 0. The fourth-order valence-electron chi connectivity index (χ4n) is 2.45. The van der Waals surface area contributed by atoms with Gasteiger partial charge in [0, 0.05) is 18.3 Å². The van der Waals surface area contributed by atoms with E-state index in [2.05, 4.69) is 43.4 Å². The number of anilines is 1. The van der Waals surface area contributed by atoms with Gasteiger partial charge in [-0.25, -0.2) is 0 Å². The summed E-state index contributed by atoms with van der Waals surface area (Å²) in [6.07, 6.45) is 1.95. The predicted molar refractivity (Wildman–Crippen MR) is 85.5 cm³/mol. The van der Waals surface area contributed by atoms with E-state index >= 15 is 0 Å². The number of rotatable bonds is 6. The second-order valence-corrected chi connectivity index (χ2v) is 4.81. The van der Waals surface area contributed by atoms with Gasteiger partial charge < -0.3 is 10.1 Å². The number of benzene rings is 2. The molecule has 1 N–H and O–H groups in total. The largest absolute Gasteiger partial charge is 0.488 e. The highest BCUT2D eigenvalue weighted by atomic mass is 16.5. The summed E-state index contributed by atoms with van der Waals surface area (Å²) in [5.74, 6) is 1.05. The van der Waals surface area contributed by atoms with E-state index in [0.717, 1.165) is 24.3 Å². The van der Waals surface area contributed by atoms with Gasteiger partial charge in [-0.05, 0) is 30.0 Å². The highest BCUT2D eigenvalue weighted by Gasteiger charge is 2.12. The third-order valence-electron chi connectivity index (χ3n) is 3.57. The number of nitrogens with one attached hydrogen (secondary N) is 1. The Morgan fingerprint density at radius 2 is 1.70 bits per heavy atom. The van der Waals surface area contributed by atoms with E-state index < -0.39 is 0 Å². The molecule has 0 saturated heterocycles. The Labute approximate surface area is 121 Å².